The first-order chi connectivity index (χ1) is 17.8. The second-order valence-corrected chi connectivity index (χ2v) is 13.1. The Labute approximate surface area is 227 Å². The van der Waals surface area contributed by atoms with Crippen molar-refractivity contribution in [1.82, 2.24) is 13.8 Å². The Morgan fingerprint density at radius 1 is 1.08 bits per heavy atom. The van der Waals surface area contributed by atoms with E-state index < -0.39 is 31.7 Å². The van der Waals surface area contributed by atoms with Crippen molar-refractivity contribution in [3.8, 4) is 11.8 Å². The minimum absolute atomic E-state index is 0.166. The van der Waals surface area contributed by atoms with E-state index in [0.29, 0.717) is 37.7 Å². The van der Waals surface area contributed by atoms with E-state index in [1.54, 1.807) is 55.7 Å². The van der Waals surface area contributed by atoms with Gasteiger partial charge in [0.2, 0.25) is 0 Å². The number of halogens is 4. The molecule has 0 fully saturated rings. The average molecular weight is 680 g/mol. The van der Waals surface area contributed by atoms with E-state index in [4.69, 9.17) is 0 Å². The molecule has 6 nitrogen and oxygen atoms in total. The van der Waals surface area contributed by atoms with Gasteiger partial charge in [-0.25, -0.2) is 0 Å². The van der Waals surface area contributed by atoms with Gasteiger partial charge in [-0.2, -0.15) is 0 Å². The molecule has 1 aromatic heterocycles. The molecule has 4 N–H and O–H groups in total. The van der Waals surface area contributed by atoms with Crippen LogP contribution in [0.5, 0.6) is 0 Å². The van der Waals surface area contributed by atoms with Crippen LogP contribution in [0.1, 0.15) is 37.4 Å². The third-order valence-electron chi connectivity index (χ3n) is 5.42. The van der Waals surface area contributed by atoms with Gasteiger partial charge in [-0.15, -0.1) is 0 Å². The molecule has 37 heavy (non-hydrogen) atoms. The van der Waals surface area contributed by atoms with E-state index in [2.05, 4.69) is 41.6 Å². The molecule has 0 aliphatic heterocycles. The molecule has 0 spiro atoms. The summed E-state index contributed by atoms with van der Waals surface area (Å²) in [5.74, 6) is 4.42. The van der Waals surface area contributed by atoms with Crippen molar-refractivity contribution in [3.05, 3.63) is 105 Å². The molecular weight excluding hydrogens is 659 g/mol. The Kier molecular flexibility index (Phi) is 8.71. The standard InChI is InChI=1S/C27H21BrF2IN3O3/c1-32-27(37)18-4-2-3-16(9-18)5-6-17-7-8-23(28)22(10-17)26(36)31(15-35)34-14-19-13-33-25-21(19)11-20(29)12-24(25)30/h2-4,7-13,33-35H,14-15H2,1H3,(H,32,37). The van der Waals surface area contributed by atoms with Crippen molar-refractivity contribution >= 4 is 56.6 Å². The third-order valence-corrected chi connectivity index (χ3v) is 9.86. The van der Waals surface area contributed by atoms with Crippen LogP contribution in [0, 0.1) is 23.5 Å². The summed E-state index contributed by atoms with van der Waals surface area (Å²) < 4.78 is 30.8. The topological polar surface area (TPSA) is 94.2 Å². The normalized spacial score (nSPS) is 11.1. The molecule has 0 saturated carbocycles. The number of amides is 1. The number of alkyl halides is 1. The zero-order valence-corrected chi connectivity index (χ0v) is 23.2. The van der Waals surface area contributed by atoms with Crippen LogP contribution >= 0.6 is 36.0 Å². The monoisotopic (exact) mass is 679 g/mol. The molecule has 0 radical (unpaired) electrons. The first-order valence-corrected chi connectivity index (χ1v) is 15.4. The molecule has 3 aromatic carbocycles. The van der Waals surface area contributed by atoms with Gasteiger partial charge < -0.3 is 0 Å². The summed E-state index contributed by atoms with van der Waals surface area (Å²) in [6, 6.07) is 14.1. The number of aromatic nitrogens is 1. The van der Waals surface area contributed by atoms with E-state index in [1.165, 1.54) is 6.07 Å². The van der Waals surface area contributed by atoms with Crippen LogP contribution in [0.15, 0.2) is 65.3 Å². The molecule has 10 heteroatoms. The molecular formula is C27H21BrF2IN3O3. The molecule has 0 unspecified atom stereocenters. The number of aliphatic hydroxyl groups excluding tert-OH is 1. The van der Waals surface area contributed by atoms with Crippen molar-refractivity contribution in [1.29, 1.82) is 0 Å². The number of hydrogen-bond donors (Lipinski definition) is 4. The Bertz CT molecular complexity index is 1560. The van der Waals surface area contributed by atoms with Gasteiger partial charge in [-0.05, 0) is 0 Å². The van der Waals surface area contributed by atoms with Gasteiger partial charge in [-0.1, -0.05) is 0 Å². The predicted molar refractivity (Wildman–Crippen MR) is 150 cm³/mol. The van der Waals surface area contributed by atoms with E-state index in [-0.39, 0.29) is 26.4 Å². The van der Waals surface area contributed by atoms with E-state index in [0.717, 1.165) is 6.07 Å². The molecule has 0 atom stereocenters. The summed E-state index contributed by atoms with van der Waals surface area (Å²) in [5, 5.41) is 12.9. The summed E-state index contributed by atoms with van der Waals surface area (Å²) in [6.07, 6.45) is 1.56. The van der Waals surface area contributed by atoms with Crippen molar-refractivity contribution in [2.75, 3.05) is 11.7 Å². The van der Waals surface area contributed by atoms with Crippen LogP contribution in [0.25, 0.3) is 10.9 Å². The first kappa shape index (κ1) is 26.9. The SMILES string of the molecule is CNC(=O)c1cccc(C#Cc2ccc(Br)c(C(=O)I(CO)NCc3c[nH]c4c(F)cc(F)cc34)c2)c1. The maximum atomic E-state index is 14.0. The summed E-state index contributed by atoms with van der Waals surface area (Å²) in [4.78, 5) is 27.9. The number of fused-ring (bicyclic) bond motifs is 1. The van der Waals surface area contributed by atoms with Gasteiger partial charge in [0.05, 0.1) is 0 Å². The van der Waals surface area contributed by atoms with Gasteiger partial charge in [0.1, 0.15) is 0 Å². The predicted octanol–water partition coefficient (Wildman–Crippen LogP) is 5.27. The molecule has 1 amide bonds. The molecule has 0 aliphatic carbocycles. The fourth-order valence-corrected chi connectivity index (χ4v) is 7.28. The zero-order chi connectivity index (χ0) is 26.5. The molecule has 0 saturated heterocycles. The van der Waals surface area contributed by atoms with Gasteiger partial charge in [0.15, 0.2) is 0 Å². The molecule has 0 bridgehead atoms. The molecule has 190 valence electrons. The Hall–Kier alpha value is -3.11. The van der Waals surface area contributed by atoms with Gasteiger partial charge in [0, 0.05) is 0 Å². The molecule has 1 heterocycles. The number of nitrogens with one attached hydrogen (secondary N) is 3. The van der Waals surface area contributed by atoms with Gasteiger partial charge in [0.25, 0.3) is 0 Å². The van der Waals surface area contributed by atoms with Crippen LogP contribution in [-0.4, -0.2) is 31.4 Å². The summed E-state index contributed by atoms with van der Waals surface area (Å²) in [7, 11) is 1.55. The quantitative estimate of drug-likeness (QED) is 0.0705. The Morgan fingerprint density at radius 3 is 2.57 bits per heavy atom. The number of rotatable bonds is 7. The summed E-state index contributed by atoms with van der Waals surface area (Å²) in [5.41, 5.74) is 2.89. The fourth-order valence-electron chi connectivity index (χ4n) is 3.57. The van der Waals surface area contributed by atoms with Crippen molar-refractivity contribution in [3.63, 3.8) is 0 Å². The second kappa shape index (κ2) is 12.0. The zero-order valence-electron chi connectivity index (χ0n) is 19.5. The third kappa shape index (κ3) is 6.24. The molecule has 0 aliphatic rings. The molecule has 4 aromatic rings. The van der Waals surface area contributed by atoms with Crippen LogP contribution < -0.4 is 8.85 Å². The Balaban J connectivity index is 1.53. The number of benzene rings is 3. The first-order valence-electron chi connectivity index (χ1n) is 10.9. The minimum atomic E-state index is -2.80. The average Bonchev–Trinajstić information content (AvgIpc) is 3.31. The fraction of sp³-hybridized carbons (Fsp3) is 0.111. The number of carbonyl (C=O) groups is 2. The van der Waals surface area contributed by atoms with Crippen LogP contribution in [0.3, 0.4) is 0 Å². The van der Waals surface area contributed by atoms with E-state index >= 15 is 0 Å². The number of carbonyl (C=O) groups excluding carboxylic acids is 2. The maximum absolute atomic E-state index is 14.0. The van der Waals surface area contributed by atoms with E-state index in [1.807, 2.05) is 0 Å². The van der Waals surface area contributed by atoms with Crippen LogP contribution in [-0.2, 0) is 6.54 Å². The van der Waals surface area contributed by atoms with Gasteiger partial charge >= 0.3 is 229 Å². The van der Waals surface area contributed by atoms with E-state index in [9.17, 15) is 23.5 Å². The molecule has 4 rings (SSSR count). The van der Waals surface area contributed by atoms with Crippen molar-refractivity contribution in [2.45, 2.75) is 6.54 Å². The van der Waals surface area contributed by atoms with Crippen LogP contribution in [0.2, 0.25) is 0 Å². The number of aromatic amines is 1. The van der Waals surface area contributed by atoms with Crippen molar-refractivity contribution in [2.24, 2.45) is 0 Å². The Morgan fingerprint density at radius 2 is 1.84 bits per heavy atom. The van der Waals surface area contributed by atoms with Crippen molar-refractivity contribution < 1.29 is 23.5 Å². The van der Waals surface area contributed by atoms with Crippen LogP contribution in [0.4, 0.5) is 8.78 Å². The van der Waals surface area contributed by atoms with Gasteiger partial charge in [-0.3, -0.25) is 0 Å². The number of H-pyrrole nitrogens is 1. The summed E-state index contributed by atoms with van der Waals surface area (Å²) in [6.45, 7) is 0.166. The summed E-state index contributed by atoms with van der Waals surface area (Å²) >= 11 is 0.611. The second-order valence-electron chi connectivity index (χ2n) is 7.79. The number of aliphatic hydroxyl groups is 1. The number of hydrogen-bond acceptors (Lipinski definition) is 4.